The molecule has 0 saturated heterocycles. The third-order valence-electron chi connectivity index (χ3n) is 3.70. The minimum atomic E-state index is -1.10. The molecule has 110 valence electrons. The van der Waals surface area contributed by atoms with Gasteiger partial charge in [-0.1, -0.05) is 55.8 Å². The predicted molar refractivity (Wildman–Crippen MR) is 80.0 cm³/mol. The minimum absolute atomic E-state index is 0.0812. The van der Waals surface area contributed by atoms with Crippen molar-refractivity contribution in [2.75, 3.05) is 0 Å². The summed E-state index contributed by atoms with van der Waals surface area (Å²) in [5.41, 5.74) is 0.788. The van der Waals surface area contributed by atoms with Crippen molar-refractivity contribution in [3.05, 3.63) is 35.4 Å². The zero-order valence-electron chi connectivity index (χ0n) is 13.0. The van der Waals surface area contributed by atoms with E-state index in [-0.39, 0.29) is 11.1 Å². The Morgan fingerprint density at radius 2 is 1.60 bits per heavy atom. The van der Waals surface area contributed by atoms with E-state index in [1.165, 1.54) is 0 Å². The van der Waals surface area contributed by atoms with E-state index in [4.69, 9.17) is 4.84 Å². The first-order chi connectivity index (χ1) is 9.04. The molecule has 4 heteroatoms. The Balaban J connectivity index is 3.07. The van der Waals surface area contributed by atoms with E-state index in [2.05, 4.69) is 5.16 Å². The lowest BCUT2D eigenvalue weighted by Crippen LogP contribution is -2.38. The maximum atomic E-state index is 11.3. The van der Waals surface area contributed by atoms with Crippen LogP contribution in [0, 0.1) is 12.3 Å². The molecule has 1 rings (SSSR count). The molecule has 0 aliphatic carbocycles. The highest BCUT2D eigenvalue weighted by Gasteiger charge is 2.35. The maximum absolute atomic E-state index is 11.3. The van der Waals surface area contributed by atoms with Crippen molar-refractivity contribution in [2.45, 2.75) is 47.1 Å². The predicted octanol–water partition coefficient (Wildman–Crippen LogP) is 3.63. The molecule has 0 saturated carbocycles. The minimum Gasteiger partial charge on any atom is -0.476 e. The second-order valence-corrected chi connectivity index (χ2v) is 6.46. The number of carbonyl (C=O) groups is 1. The van der Waals surface area contributed by atoms with E-state index in [0.717, 1.165) is 5.56 Å². The van der Waals surface area contributed by atoms with Crippen LogP contribution in [0.3, 0.4) is 0 Å². The second-order valence-electron chi connectivity index (χ2n) is 6.46. The molecular weight excluding hydrogens is 254 g/mol. The molecule has 0 aliphatic rings. The molecule has 0 heterocycles. The van der Waals surface area contributed by atoms with Crippen LogP contribution < -0.4 is 0 Å². The number of benzene rings is 1. The summed E-state index contributed by atoms with van der Waals surface area (Å²) in [6, 6.07) is 7.16. The number of rotatable bonds is 4. The van der Waals surface area contributed by atoms with Crippen LogP contribution in [0.25, 0.3) is 0 Å². The SMILES string of the molecule is Cc1ccc(/C(=N/OC(C)(C)C(C)(C)C)C(=O)O)cc1. The molecule has 0 bridgehead atoms. The first kappa shape index (κ1) is 16.2. The number of nitrogens with zero attached hydrogens (tertiary/aromatic N) is 1. The van der Waals surface area contributed by atoms with Gasteiger partial charge in [-0.15, -0.1) is 0 Å². The van der Waals surface area contributed by atoms with Gasteiger partial charge < -0.3 is 9.94 Å². The molecule has 0 aromatic heterocycles. The van der Waals surface area contributed by atoms with Gasteiger partial charge in [0.05, 0.1) is 0 Å². The van der Waals surface area contributed by atoms with Gasteiger partial charge in [0, 0.05) is 11.0 Å². The Bertz CT molecular complexity index is 508. The topological polar surface area (TPSA) is 58.9 Å². The highest BCUT2D eigenvalue weighted by atomic mass is 16.7. The van der Waals surface area contributed by atoms with Crippen LogP contribution >= 0.6 is 0 Å². The first-order valence-corrected chi connectivity index (χ1v) is 6.61. The van der Waals surface area contributed by atoms with Crippen molar-refractivity contribution in [1.82, 2.24) is 0 Å². The van der Waals surface area contributed by atoms with Gasteiger partial charge in [0.25, 0.3) is 0 Å². The third-order valence-corrected chi connectivity index (χ3v) is 3.70. The van der Waals surface area contributed by atoms with Gasteiger partial charge in [0.1, 0.15) is 5.60 Å². The van der Waals surface area contributed by atoms with Crippen LogP contribution in [-0.4, -0.2) is 22.4 Å². The Kier molecular flexibility index (Phi) is 4.58. The van der Waals surface area contributed by atoms with Crippen molar-refractivity contribution in [1.29, 1.82) is 0 Å². The molecule has 1 aromatic carbocycles. The lowest BCUT2D eigenvalue weighted by molar-refractivity contribution is -0.130. The van der Waals surface area contributed by atoms with Crippen LogP contribution in [0.4, 0.5) is 0 Å². The van der Waals surface area contributed by atoms with Crippen LogP contribution in [0.1, 0.15) is 45.7 Å². The number of aryl methyl sites for hydroxylation is 1. The zero-order chi connectivity index (χ0) is 15.6. The first-order valence-electron chi connectivity index (χ1n) is 6.61. The lowest BCUT2D eigenvalue weighted by Gasteiger charge is -2.36. The summed E-state index contributed by atoms with van der Waals surface area (Å²) in [5, 5.41) is 13.2. The Hall–Kier alpha value is -1.84. The average molecular weight is 277 g/mol. The number of hydrogen-bond acceptors (Lipinski definition) is 3. The number of carboxylic acid groups (broad SMARTS) is 1. The summed E-state index contributed by atoms with van der Waals surface area (Å²) >= 11 is 0. The van der Waals surface area contributed by atoms with Gasteiger partial charge in [0.15, 0.2) is 5.71 Å². The fraction of sp³-hybridized carbons (Fsp3) is 0.500. The summed E-state index contributed by atoms with van der Waals surface area (Å²) in [6.07, 6.45) is 0. The molecular formula is C16H23NO3. The molecule has 0 radical (unpaired) electrons. The number of hydrogen-bond donors (Lipinski definition) is 1. The van der Waals surface area contributed by atoms with Gasteiger partial charge in [-0.05, 0) is 20.8 Å². The van der Waals surface area contributed by atoms with Crippen LogP contribution in [0.15, 0.2) is 29.4 Å². The van der Waals surface area contributed by atoms with Crippen LogP contribution in [0.5, 0.6) is 0 Å². The van der Waals surface area contributed by atoms with E-state index in [0.29, 0.717) is 5.56 Å². The fourth-order valence-electron chi connectivity index (χ4n) is 1.22. The van der Waals surface area contributed by atoms with Crippen molar-refractivity contribution >= 4 is 11.7 Å². The highest BCUT2D eigenvalue weighted by molar-refractivity contribution is 6.42. The van der Waals surface area contributed by atoms with Crippen molar-refractivity contribution in [3.63, 3.8) is 0 Å². The van der Waals surface area contributed by atoms with Gasteiger partial charge in [-0.25, -0.2) is 4.79 Å². The van der Waals surface area contributed by atoms with Gasteiger partial charge in [-0.3, -0.25) is 0 Å². The molecule has 4 nitrogen and oxygen atoms in total. The summed E-state index contributed by atoms with van der Waals surface area (Å²) in [7, 11) is 0. The standard InChI is InChI=1S/C16H23NO3/c1-11-7-9-12(10-8-11)13(14(18)19)17-20-16(5,6)15(2,3)4/h7-10H,1-6H3,(H,18,19)/b17-13-. The summed E-state index contributed by atoms with van der Waals surface area (Å²) in [6.45, 7) is 11.8. The third kappa shape index (κ3) is 3.83. The van der Waals surface area contributed by atoms with E-state index in [1.807, 2.05) is 53.7 Å². The van der Waals surface area contributed by atoms with Gasteiger partial charge in [0.2, 0.25) is 0 Å². The maximum Gasteiger partial charge on any atom is 0.358 e. The summed E-state index contributed by atoms with van der Waals surface area (Å²) in [4.78, 5) is 16.8. The molecule has 0 unspecified atom stereocenters. The molecule has 1 aromatic rings. The van der Waals surface area contributed by atoms with Crippen LogP contribution in [-0.2, 0) is 9.63 Å². The highest BCUT2D eigenvalue weighted by Crippen LogP contribution is 2.33. The van der Waals surface area contributed by atoms with Crippen molar-refractivity contribution < 1.29 is 14.7 Å². The van der Waals surface area contributed by atoms with E-state index in [1.54, 1.807) is 12.1 Å². The van der Waals surface area contributed by atoms with Crippen LogP contribution in [0.2, 0.25) is 0 Å². The monoisotopic (exact) mass is 277 g/mol. The average Bonchev–Trinajstić information content (AvgIpc) is 2.29. The molecule has 0 atom stereocenters. The lowest BCUT2D eigenvalue weighted by atomic mass is 9.79. The van der Waals surface area contributed by atoms with E-state index < -0.39 is 11.6 Å². The number of oxime groups is 1. The normalized spacial score (nSPS) is 13.2. The quantitative estimate of drug-likeness (QED) is 0.675. The Morgan fingerprint density at radius 3 is 2.00 bits per heavy atom. The summed E-state index contributed by atoms with van der Waals surface area (Å²) in [5.74, 6) is -1.10. The Labute approximate surface area is 120 Å². The van der Waals surface area contributed by atoms with E-state index >= 15 is 0 Å². The number of carboxylic acids is 1. The molecule has 0 fully saturated rings. The largest absolute Gasteiger partial charge is 0.476 e. The molecule has 1 N–H and O–H groups in total. The molecule has 0 spiro atoms. The number of aliphatic carboxylic acids is 1. The van der Waals surface area contributed by atoms with Gasteiger partial charge in [-0.2, -0.15) is 0 Å². The second kappa shape index (κ2) is 5.65. The smallest absolute Gasteiger partial charge is 0.358 e. The Morgan fingerprint density at radius 1 is 1.10 bits per heavy atom. The molecule has 0 amide bonds. The summed E-state index contributed by atoms with van der Waals surface area (Å²) < 4.78 is 0. The molecule has 20 heavy (non-hydrogen) atoms. The zero-order valence-corrected chi connectivity index (χ0v) is 13.0. The van der Waals surface area contributed by atoms with Crippen molar-refractivity contribution in [3.8, 4) is 0 Å². The van der Waals surface area contributed by atoms with Crippen molar-refractivity contribution in [2.24, 2.45) is 10.6 Å². The molecule has 0 aliphatic heterocycles. The van der Waals surface area contributed by atoms with Gasteiger partial charge >= 0.3 is 5.97 Å². The van der Waals surface area contributed by atoms with E-state index in [9.17, 15) is 9.90 Å². The fourth-order valence-corrected chi connectivity index (χ4v) is 1.22.